The van der Waals surface area contributed by atoms with Gasteiger partial charge in [0.1, 0.15) is 0 Å². The topological polar surface area (TPSA) is 39.7 Å². The van der Waals surface area contributed by atoms with Crippen molar-refractivity contribution in [3.05, 3.63) is 35.4 Å². The molecule has 0 saturated heterocycles. The Morgan fingerprint density at radius 1 is 1.10 bits per heavy atom. The fourth-order valence-corrected chi connectivity index (χ4v) is 2.19. The number of rotatable bonds is 8. The van der Waals surface area contributed by atoms with Crippen molar-refractivity contribution in [2.45, 2.75) is 40.3 Å². The lowest BCUT2D eigenvalue weighted by Gasteiger charge is -2.18. The average molecular weight is 290 g/mol. The van der Waals surface area contributed by atoms with Crippen LogP contribution in [0.5, 0.6) is 0 Å². The van der Waals surface area contributed by atoms with Crippen LogP contribution < -0.4 is 10.6 Å². The predicted octanol–water partition coefficient (Wildman–Crippen LogP) is 2.60. The van der Waals surface area contributed by atoms with Gasteiger partial charge in [-0.05, 0) is 30.6 Å². The van der Waals surface area contributed by atoms with Crippen molar-refractivity contribution in [1.82, 2.24) is 15.5 Å². The molecule has 0 unspecified atom stereocenters. The highest BCUT2D eigenvalue weighted by atomic mass is 15.2. The zero-order valence-corrected chi connectivity index (χ0v) is 13.9. The van der Waals surface area contributed by atoms with E-state index in [-0.39, 0.29) is 0 Å². The molecule has 1 aromatic rings. The normalized spacial score (nSPS) is 11.8. The summed E-state index contributed by atoms with van der Waals surface area (Å²) in [5, 5.41) is 6.64. The maximum absolute atomic E-state index is 4.22. The Kier molecular flexibility index (Phi) is 8.51. The number of hydrogen-bond acceptors (Lipinski definition) is 2. The number of aliphatic imine (C=N–C) groups is 1. The van der Waals surface area contributed by atoms with Gasteiger partial charge in [-0.1, -0.05) is 45.0 Å². The monoisotopic (exact) mass is 290 g/mol. The van der Waals surface area contributed by atoms with Gasteiger partial charge < -0.3 is 10.6 Å². The molecule has 0 spiro atoms. The summed E-state index contributed by atoms with van der Waals surface area (Å²) in [5.74, 6) is 0.867. The van der Waals surface area contributed by atoms with Gasteiger partial charge in [-0.3, -0.25) is 9.89 Å². The Balaban J connectivity index is 2.56. The second-order valence-corrected chi connectivity index (χ2v) is 5.13. The van der Waals surface area contributed by atoms with E-state index in [4.69, 9.17) is 0 Å². The lowest BCUT2D eigenvalue weighted by molar-refractivity contribution is 0.296. The van der Waals surface area contributed by atoms with E-state index in [0.29, 0.717) is 0 Å². The molecule has 0 saturated carbocycles. The van der Waals surface area contributed by atoms with Crippen LogP contribution in [0.3, 0.4) is 0 Å². The molecule has 4 heteroatoms. The molecule has 0 aliphatic carbocycles. The number of benzene rings is 1. The Hall–Kier alpha value is -1.55. The third-order valence-corrected chi connectivity index (χ3v) is 3.52. The van der Waals surface area contributed by atoms with Crippen molar-refractivity contribution in [3.63, 3.8) is 0 Å². The van der Waals surface area contributed by atoms with Crippen molar-refractivity contribution in [2.75, 3.05) is 26.7 Å². The summed E-state index contributed by atoms with van der Waals surface area (Å²) in [6.45, 7) is 11.5. The van der Waals surface area contributed by atoms with Crippen LogP contribution in [0, 0.1) is 0 Å². The van der Waals surface area contributed by atoms with Gasteiger partial charge in [-0.15, -0.1) is 0 Å². The highest BCUT2D eigenvalue weighted by Gasteiger charge is 2.03. The van der Waals surface area contributed by atoms with Gasteiger partial charge in [-0.25, -0.2) is 0 Å². The molecule has 1 rings (SSSR count). The summed E-state index contributed by atoms with van der Waals surface area (Å²) in [6, 6.07) is 8.77. The maximum Gasteiger partial charge on any atom is 0.191 e. The average Bonchev–Trinajstić information content (AvgIpc) is 2.53. The molecule has 0 heterocycles. The van der Waals surface area contributed by atoms with Gasteiger partial charge in [0.25, 0.3) is 0 Å². The SMILES string of the molecule is CCCNC(=NC)NCc1cccc(CN(CC)CC)c1. The molecule has 0 fully saturated rings. The Bertz CT molecular complexity index is 425. The van der Waals surface area contributed by atoms with Crippen molar-refractivity contribution in [2.24, 2.45) is 4.99 Å². The second kappa shape index (κ2) is 10.2. The molecule has 0 aliphatic heterocycles. The number of hydrogen-bond donors (Lipinski definition) is 2. The van der Waals surface area contributed by atoms with E-state index in [1.54, 1.807) is 0 Å². The third kappa shape index (κ3) is 6.63. The lowest BCUT2D eigenvalue weighted by atomic mass is 10.1. The fraction of sp³-hybridized carbons (Fsp3) is 0.588. The van der Waals surface area contributed by atoms with E-state index in [9.17, 15) is 0 Å². The first-order valence-electron chi connectivity index (χ1n) is 7.98. The summed E-state index contributed by atoms with van der Waals surface area (Å²) in [4.78, 5) is 6.65. The fourth-order valence-electron chi connectivity index (χ4n) is 2.19. The van der Waals surface area contributed by atoms with Crippen LogP contribution in [0.15, 0.2) is 29.3 Å². The Morgan fingerprint density at radius 2 is 1.81 bits per heavy atom. The molecule has 0 bridgehead atoms. The van der Waals surface area contributed by atoms with Gasteiger partial charge in [-0.2, -0.15) is 0 Å². The minimum absolute atomic E-state index is 0.801. The lowest BCUT2D eigenvalue weighted by Crippen LogP contribution is -2.37. The molecule has 0 aromatic heterocycles. The van der Waals surface area contributed by atoms with E-state index in [1.807, 2.05) is 7.05 Å². The van der Waals surface area contributed by atoms with Crippen LogP contribution in [0.2, 0.25) is 0 Å². The molecule has 2 N–H and O–H groups in total. The molecule has 21 heavy (non-hydrogen) atoms. The molecule has 118 valence electrons. The quantitative estimate of drug-likeness (QED) is 0.571. The second-order valence-electron chi connectivity index (χ2n) is 5.13. The highest BCUT2D eigenvalue weighted by molar-refractivity contribution is 5.79. The first-order valence-corrected chi connectivity index (χ1v) is 7.98. The third-order valence-electron chi connectivity index (χ3n) is 3.52. The zero-order chi connectivity index (χ0) is 15.5. The molecule has 0 radical (unpaired) electrons. The van der Waals surface area contributed by atoms with Crippen LogP contribution in [-0.2, 0) is 13.1 Å². The Labute approximate surface area is 129 Å². The van der Waals surface area contributed by atoms with Gasteiger partial charge in [0.2, 0.25) is 0 Å². The highest BCUT2D eigenvalue weighted by Crippen LogP contribution is 2.08. The smallest absolute Gasteiger partial charge is 0.191 e. The van der Waals surface area contributed by atoms with Crippen molar-refractivity contribution < 1.29 is 0 Å². The number of nitrogens with zero attached hydrogens (tertiary/aromatic N) is 2. The summed E-state index contributed by atoms with van der Waals surface area (Å²) in [6.07, 6.45) is 1.10. The molecular formula is C17H30N4. The van der Waals surface area contributed by atoms with E-state index >= 15 is 0 Å². The van der Waals surface area contributed by atoms with Crippen LogP contribution in [-0.4, -0.2) is 37.5 Å². The first kappa shape index (κ1) is 17.5. The maximum atomic E-state index is 4.22. The predicted molar refractivity (Wildman–Crippen MR) is 91.6 cm³/mol. The van der Waals surface area contributed by atoms with Crippen LogP contribution in [0.4, 0.5) is 0 Å². The standard InChI is InChI=1S/C17H30N4/c1-5-11-19-17(18-4)20-13-15-9-8-10-16(12-15)14-21(6-2)7-3/h8-10,12H,5-7,11,13-14H2,1-4H3,(H2,18,19,20). The van der Waals surface area contributed by atoms with Crippen LogP contribution in [0.1, 0.15) is 38.3 Å². The molecular weight excluding hydrogens is 260 g/mol. The first-order chi connectivity index (χ1) is 10.2. The summed E-state index contributed by atoms with van der Waals surface area (Å²) < 4.78 is 0. The van der Waals surface area contributed by atoms with Gasteiger partial charge in [0, 0.05) is 26.7 Å². The Morgan fingerprint density at radius 3 is 2.43 bits per heavy atom. The number of nitrogens with one attached hydrogen (secondary N) is 2. The van der Waals surface area contributed by atoms with Crippen molar-refractivity contribution >= 4 is 5.96 Å². The van der Waals surface area contributed by atoms with Crippen molar-refractivity contribution in [3.8, 4) is 0 Å². The minimum Gasteiger partial charge on any atom is -0.356 e. The van der Waals surface area contributed by atoms with Gasteiger partial charge >= 0.3 is 0 Å². The molecule has 4 nitrogen and oxygen atoms in total. The van der Waals surface area contributed by atoms with E-state index in [1.165, 1.54) is 11.1 Å². The minimum atomic E-state index is 0.801. The summed E-state index contributed by atoms with van der Waals surface area (Å²) in [7, 11) is 1.81. The van der Waals surface area contributed by atoms with Gasteiger partial charge in [0.05, 0.1) is 0 Å². The van der Waals surface area contributed by atoms with Gasteiger partial charge in [0.15, 0.2) is 5.96 Å². The van der Waals surface area contributed by atoms with E-state index in [2.05, 4.69) is 65.6 Å². The molecule has 0 atom stereocenters. The van der Waals surface area contributed by atoms with E-state index in [0.717, 1.165) is 45.1 Å². The zero-order valence-electron chi connectivity index (χ0n) is 13.9. The van der Waals surface area contributed by atoms with E-state index < -0.39 is 0 Å². The van der Waals surface area contributed by atoms with Crippen LogP contribution >= 0.6 is 0 Å². The number of guanidine groups is 1. The summed E-state index contributed by atoms with van der Waals surface area (Å²) in [5.41, 5.74) is 2.66. The molecule has 0 amide bonds. The largest absolute Gasteiger partial charge is 0.356 e. The summed E-state index contributed by atoms with van der Waals surface area (Å²) >= 11 is 0. The van der Waals surface area contributed by atoms with Crippen molar-refractivity contribution in [1.29, 1.82) is 0 Å². The molecule has 1 aromatic carbocycles. The molecule has 0 aliphatic rings. The van der Waals surface area contributed by atoms with Crippen LogP contribution in [0.25, 0.3) is 0 Å².